The van der Waals surface area contributed by atoms with Crippen molar-refractivity contribution in [1.82, 2.24) is 10.7 Å². The van der Waals surface area contributed by atoms with Gasteiger partial charge in [0.2, 0.25) is 0 Å². The molecule has 4 aromatic rings. The van der Waals surface area contributed by atoms with Crippen LogP contribution in [0.2, 0.25) is 0 Å². The first-order valence-electron chi connectivity index (χ1n) is 10.7. The number of ether oxygens (including phenoxy) is 1. The lowest BCUT2D eigenvalue weighted by Crippen LogP contribution is -2.35. The summed E-state index contributed by atoms with van der Waals surface area (Å²) < 4.78 is 6.21. The van der Waals surface area contributed by atoms with Crippen molar-refractivity contribution in [3.05, 3.63) is 111 Å². The first-order valence-corrected chi connectivity index (χ1v) is 11.7. The third-order valence-electron chi connectivity index (χ3n) is 5.03. The number of hydrazone groups is 1. The van der Waals surface area contributed by atoms with Gasteiger partial charge in [0.05, 0.1) is 18.3 Å². The first kappa shape index (κ1) is 24.1. The quantitative estimate of drug-likeness (QED) is 0.111. The number of nitrogens with zero attached hydrogens (tertiary/aromatic N) is 1. The summed E-state index contributed by atoms with van der Waals surface area (Å²) in [5, 5.41) is 8.28. The molecule has 0 aliphatic rings. The number of carbonyl (C=O) groups excluding carboxylic acids is 3. The fourth-order valence-electron chi connectivity index (χ4n) is 3.31. The van der Waals surface area contributed by atoms with E-state index >= 15 is 0 Å². The number of amides is 2. The van der Waals surface area contributed by atoms with Gasteiger partial charge in [-0.1, -0.05) is 48.5 Å². The summed E-state index contributed by atoms with van der Waals surface area (Å²) in [5.74, 6) is -0.838. The van der Waals surface area contributed by atoms with Crippen molar-refractivity contribution >= 4 is 57.4 Å². The normalized spacial score (nSPS) is 10.8. The summed E-state index contributed by atoms with van der Waals surface area (Å²) in [5.41, 5.74) is 4.07. The molecular formula is C27H20IN3O4. The molecule has 4 rings (SSSR count). The largest absolute Gasteiger partial charge is 0.423 e. The van der Waals surface area contributed by atoms with Crippen molar-refractivity contribution in [1.29, 1.82) is 0 Å². The summed E-state index contributed by atoms with van der Waals surface area (Å²) in [6.45, 7) is -0.216. The standard InChI is InChI=1S/C27H20IN3O4/c28-24-11-4-3-9-23(24)27(34)35-20-14-12-18(13-15-20)16-30-31-25(32)17-29-26(33)22-10-5-7-19-6-1-2-8-21(19)22/h1-16H,17H2,(H,29,33)(H,31,32). The molecule has 0 saturated heterocycles. The average molecular weight is 577 g/mol. The van der Waals surface area contributed by atoms with Gasteiger partial charge in [-0.15, -0.1) is 0 Å². The van der Waals surface area contributed by atoms with Gasteiger partial charge in [0.15, 0.2) is 0 Å². The van der Waals surface area contributed by atoms with Crippen LogP contribution in [0.1, 0.15) is 26.3 Å². The smallest absolute Gasteiger partial charge is 0.344 e. The van der Waals surface area contributed by atoms with E-state index in [0.29, 0.717) is 22.4 Å². The first-order chi connectivity index (χ1) is 17.0. The summed E-state index contributed by atoms with van der Waals surface area (Å²) in [6.07, 6.45) is 1.45. The van der Waals surface area contributed by atoms with Gasteiger partial charge in [-0.05, 0) is 81.4 Å². The van der Waals surface area contributed by atoms with E-state index < -0.39 is 11.9 Å². The van der Waals surface area contributed by atoms with Crippen LogP contribution in [0.4, 0.5) is 0 Å². The fourth-order valence-corrected chi connectivity index (χ4v) is 3.92. The highest BCUT2D eigenvalue weighted by Crippen LogP contribution is 2.19. The zero-order chi connectivity index (χ0) is 24.6. The Hall–Kier alpha value is -4.05. The zero-order valence-corrected chi connectivity index (χ0v) is 20.6. The van der Waals surface area contributed by atoms with E-state index in [-0.39, 0.29) is 12.5 Å². The van der Waals surface area contributed by atoms with Crippen LogP contribution in [0, 0.1) is 3.57 Å². The molecule has 0 aliphatic carbocycles. The summed E-state index contributed by atoms with van der Waals surface area (Å²) in [6, 6.07) is 26.9. The molecule has 8 heteroatoms. The molecule has 0 radical (unpaired) electrons. The topological polar surface area (TPSA) is 96.9 Å². The van der Waals surface area contributed by atoms with Crippen molar-refractivity contribution in [2.75, 3.05) is 6.54 Å². The molecule has 0 heterocycles. The third kappa shape index (κ3) is 6.30. The van der Waals surface area contributed by atoms with Crippen LogP contribution in [0.5, 0.6) is 5.75 Å². The molecule has 2 amide bonds. The van der Waals surface area contributed by atoms with E-state index in [0.717, 1.165) is 14.3 Å². The maximum absolute atomic E-state index is 12.5. The molecule has 0 aromatic heterocycles. The molecule has 174 valence electrons. The molecular weight excluding hydrogens is 557 g/mol. The van der Waals surface area contributed by atoms with Crippen LogP contribution in [-0.2, 0) is 4.79 Å². The lowest BCUT2D eigenvalue weighted by molar-refractivity contribution is -0.120. The minimum absolute atomic E-state index is 0.216. The summed E-state index contributed by atoms with van der Waals surface area (Å²) in [7, 11) is 0. The molecule has 0 atom stereocenters. The molecule has 7 nitrogen and oxygen atoms in total. The van der Waals surface area contributed by atoms with Gasteiger partial charge in [-0.25, -0.2) is 10.2 Å². The molecule has 0 aliphatic heterocycles. The van der Waals surface area contributed by atoms with Crippen LogP contribution < -0.4 is 15.5 Å². The van der Waals surface area contributed by atoms with Crippen molar-refractivity contribution < 1.29 is 19.1 Å². The maximum atomic E-state index is 12.5. The number of rotatable bonds is 7. The Balaban J connectivity index is 1.26. The minimum Gasteiger partial charge on any atom is -0.423 e. The second-order valence-corrected chi connectivity index (χ2v) is 8.60. The molecule has 0 bridgehead atoms. The second-order valence-electron chi connectivity index (χ2n) is 7.44. The SMILES string of the molecule is O=C(CNC(=O)c1cccc2ccccc12)NN=Cc1ccc(OC(=O)c2ccccc2I)cc1. The van der Waals surface area contributed by atoms with E-state index in [2.05, 4.69) is 38.4 Å². The predicted octanol–water partition coefficient (Wildman–Crippen LogP) is 4.54. The van der Waals surface area contributed by atoms with Crippen molar-refractivity contribution in [2.24, 2.45) is 5.10 Å². The molecule has 0 unspecified atom stereocenters. The van der Waals surface area contributed by atoms with Crippen LogP contribution in [0.3, 0.4) is 0 Å². The fraction of sp³-hybridized carbons (Fsp3) is 0.0370. The molecule has 35 heavy (non-hydrogen) atoms. The van der Waals surface area contributed by atoms with Gasteiger partial charge < -0.3 is 10.1 Å². The summed E-state index contributed by atoms with van der Waals surface area (Å²) >= 11 is 2.08. The highest BCUT2D eigenvalue weighted by Gasteiger charge is 2.12. The molecule has 0 fully saturated rings. The maximum Gasteiger partial charge on any atom is 0.344 e. The zero-order valence-electron chi connectivity index (χ0n) is 18.4. The van der Waals surface area contributed by atoms with Gasteiger partial charge in [0, 0.05) is 9.13 Å². The Morgan fingerprint density at radius 2 is 1.51 bits per heavy atom. The van der Waals surface area contributed by atoms with Gasteiger partial charge in [-0.3, -0.25) is 9.59 Å². The third-order valence-corrected chi connectivity index (χ3v) is 5.97. The van der Waals surface area contributed by atoms with Gasteiger partial charge in [0.1, 0.15) is 5.75 Å². The van der Waals surface area contributed by atoms with Crippen LogP contribution >= 0.6 is 22.6 Å². The Kier molecular flexibility index (Phi) is 7.84. The number of benzene rings is 4. The average Bonchev–Trinajstić information content (AvgIpc) is 2.88. The number of esters is 1. The molecule has 4 aromatic carbocycles. The number of fused-ring (bicyclic) bond motifs is 1. The predicted molar refractivity (Wildman–Crippen MR) is 143 cm³/mol. The highest BCUT2D eigenvalue weighted by molar-refractivity contribution is 14.1. The lowest BCUT2D eigenvalue weighted by atomic mass is 10.0. The minimum atomic E-state index is -0.460. The highest BCUT2D eigenvalue weighted by atomic mass is 127. The van der Waals surface area contributed by atoms with E-state index in [9.17, 15) is 14.4 Å². The number of nitrogens with one attached hydrogen (secondary N) is 2. The Bertz CT molecular complexity index is 1410. The van der Waals surface area contributed by atoms with Crippen molar-refractivity contribution in [2.45, 2.75) is 0 Å². The number of hydrogen-bond acceptors (Lipinski definition) is 5. The Morgan fingerprint density at radius 1 is 0.829 bits per heavy atom. The molecule has 0 saturated carbocycles. The van der Waals surface area contributed by atoms with Crippen LogP contribution in [-0.4, -0.2) is 30.5 Å². The van der Waals surface area contributed by atoms with Crippen LogP contribution in [0.15, 0.2) is 96.1 Å². The Labute approximate surface area is 215 Å². The van der Waals surface area contributed by atoms with Gasteiger partial charge in [-0.2, -0.15) is 5.10 Å². The number of carbonyl (C=O) groups is 3. The summed E-state index contributed by atoms with van der Waals surface area (Å²) in [4.78, 5) is 36.9. The Morgan fingerprint density at radius 3 is 2.31 bits per heavy atom. The van der Waals surface area contributed by atoms with Gasteiger partial charge >= 0.3 is 5.97 Å². The van der Waals surface area contributed by atoms with Gasteiger partial charge in [0.25, 0.3) is 11.8 Å². The van der Waals surface area contributed by atoms with E-state index in [1.54, 1.807) is 48.5 Å². The van der Waals surface area contributed by atoms with Crippen molar-refractivity contribution in [3.63, 3.8) is 0 Å². The number of halogens is 1. The van der Waals surface area contributed by atoms with Crippen molar-refractivity contribution in [3.8, 4) is 5.75 Å². The monoisotopic (exact) mass is 577 g/mol. The van der Waals surface area contributed by atoms with E-state index in [1.807, 2.05) is 42.5 Å². The van der Waals surface area contributed by atoms with Crippen LogP contribution in [0.25, 0.3) is 10.8 Å². The van der Waals surface area contributed by atoms with E-state index in [1.165, 1.54) is 6.21 Å². The molecule has 0 spiro atoms. The second kappa shape index (κ2) is 11.4. The molecule has 2 N–H and O–H groups in total. The van der Waals surface area contributed by atoms with E-state index in [4.69, 9.17) is 4.74 Å². The lowest BCUT2D eigenvalue weighted by Gasteiger charge is -2.07. The number of hydrogen-bond donors (Lipinski definition) is 2.